The van der Waals surface area contributed by atoms with Gasteiger partial charge >= 0.3 is 0 Å². The van der Waals surface area contributed by atoms with Gasteiger partial charge in [-0.2, -0.15) is 5.10 Å². The largest absolute Gasteiger partial charge is 0.350 e. The molecule has 0 aliphatic carbocycles. The van der Waals surface area contributed by atoms with E-state index in [1.54, 1.807) is 10.9 Å². The lowest BCUT2D eigenvalue weighted by molar-refractivity contribution is -0.121. The summed E-state index contributed by atoms with van der Waals surface area (Å²) in [6.07, 6.45) is 2.98. The highest BCUT2D eigenvalue weighted by atomic mass is 16.1. The summed E-state index contributed by atoms with van der Waals surface area (Å²) >= 11 is 0. The maximum absolute atomic E-state index is 12.0. The zero-order valence-corrected chi connectivity index (χ0v) is 13.6. The SMILES string of the molecule is Cn1nc(CNC(=O)CCc2ccccc2)cc1-c1ccccn1. The Balaban J connectivity index is 1.54. The van der Waals surface area contributed by atoms with Gasteiger partial charge < -0.3 is 5.32 Å². The van der Waals surface area contributed by atoms with Crippen molar-refractivity contribution in [1.82, 2.24) is 20.1 Å². The van der Waals surface area contributed by atoms with E-state index < -0.39 is 0 Å². The summed E-state index contributed by atoms with van der Waals surface area (Å²) in [4.78, 5) is 16.3. The predicted octanol–water partition coefficient (Wildman–Crippen LogP) is 2.73. The molecule has 0 radical (unpaired) electrons. The van der Waals surface area contributed by atoms with Crippen molar-refractivity contribution in [2.45, 2.75) is 19.4 Å². The highest BCUT2D eigenvalue weighted by molar-refractivity contribution is 5.76. The maximum atomic E-state index is 12.0. The second-order valence-corrected chi connectivity index (χ2v) is 5.62. The summed E-state index contributed by atoms with van der Waals surface area (Å²) in [5, 5.41) is 7.37. The molecular weight excluding hydrogens is 300 g/mol. The number of aromatic nitrogens is 3. The summed E-state index contributed by atoms with van der Waals surface area (Å²) in [5.74, 6) is 0.0314. The molecule has 0 aliphatic heterocycles. The Morgan fingerprint density at radius 1 is 1.12 bits per heavy atom. The molecule has 1 amide bonds. The van der Waals surface area contributed by atoms with Gasteiger partial charge in [-0.05, 0) is 30.2 Å². The van der Waals surface area contributed by atoms with Crippen LogP contribution >= 0.6 is 0 Å². The quantitative estimate of drug-likeness (QED) is 0.760. The van der Waals surface area contributed by atoms with Crippen LogP contribution in [0.15, 0.2) is 60.8 Å². The number of nitrogens with one attached hydrogen (secondary N) is 1. The minimum Gasteiger partial charge on any atom is -0.350 e. The Morgan fingerprint density at radius 3 is 2.67 bits per heavy atom. The Labute approximate surface area is 141 Å². The Hall–Kier alpha value is -2.95. The van der Waals surface area contributed by atoms with E-state index in [2.05, 4.69) is 15.4 Å². The molecule has 1 aromatic carbocycles. The van der Waals surface area contributed by atoms with E-state index in [1.165, 1.54) is 5.56 Å². The number of aryl methyl sites for hydroxylation is 2. The van der Waals surface area contributed by atoms with Crippen LogP contribution in [0.25, 0.3) is 11.4 Å². The smallest absolute Gasteiger partial charge is 0.220 e. The molecular formula is C19H20N4O. The van der Waals surface area contributed by atoms with Crippen LogP contribution in [0.4, 0.5) is 0 Å². The fourth-order valence-corrected chi connectivity index (χ4v) is 2.55. The number of nitrogens with zero attached hydrogens (tertiary/aromatic N) is 3. The molecule has 0 spiro atoms. The number of amides is 1. The van der Waals surface area contributed by atoms with Gasteiger partial charge in [-0.15, -0.1) is 0 Å². The van der Waals surface area contributed by atoms with Gasteiger partial charge in [0.15, 0.2) is 0 Å². The zero-order valence-electron chi connectivity index (χ0n) is 13.6. The first kappa shape index (κ1) is 15.9. The van der Waals surface area contributed by atoms with Crippen molar-refractivity contribution in [1.29, 1.82) is 0 Å². The third-order valence-corrected chi connectivity index (χ3v) is 3.81. The molecule has 122 valence electrons. The first-order chi connectivity index (χ1) is 11.7. The van der Waals surface area contributed by atoms with Crippen LogP contribution in [0.5, 0.6) is 0 Å². The molecule has 3 rings (SSSR count). The third kappa shape index (κ3) is 4.07. The molecule has 0 atom stereocenters. The fourth-order valence-electron chi connectivity index (χ4n) is 2.55. The molecule has 0 fully saturated rings. The molecule has 24 heavy (non-hydrogen) atoms. The summed E-state index contributed by atoms with van der Waals surface area (Å²) in [5.41, 5.74) is 3.80. The summed E-state index contributed by atoms with van der Waals surface area (Å²) < 4.78 is 1.79. The summed E-state index contributed by atoms with van der Waals surface area (Å²) in [6, 6.07) is 17.7. The first-order valence-corrected chi connectivity index (χ1v) is 7.97. The van der Waals surface area contributed by atoms with E-state index in [-0.39, 0.29) is 5.91 Å². The van der Waals surface area contributed by atoms with Gasteiger partial charge in [-0.25, -0.2) is 0 Å². The van der Waals surface area contributed by atoms with E-state index in [0.29, 0.717) is 13.0 Å². The molecule has 2 heterocycles. The van der Waals surface area contributed by atoms with Gasteiger partial charge in [0.2, 0.25) is 5.91 Å². The lowest BCUT2D eigenvalue weighted by Crippen LogP contribution is -2.23. The van der Waals surface area contributed by atoms with E-state index in [1.807, 2.05) is 61.6 Å². The standard InChI is InChI=1S/C19H20N4O/c1-23-18(17-9-5-6-12-20-17)13-16(22-23)14-21-19(24)11-10-15-7-3-2-4-8-15/h2-9,12-13H,10-11,14H2,1H3,(H,21,24). The normalized spacial score (nSPS) is 10.5. The maximum Gasteiger partial charge on any atom is 0.220 e. The van der Waals surface area contributed by atoms with Gasteiger partial charge in [0.1, 0.15) is 0 Å². The summed E-state index contributed by atoms with van der Waals surface area (Å²) in [7, 11) is 1.88. The zero-order chi connectivity index (χ0) is 16.8. The monoisotopic (exact) mass is 320 g/mol. The highest BCUT2D eigenvalue weighted by Gasteiger charge is 2.09. The number of carbonyl (C=O) groups is 1. The first-order valence-electron chi connectivity index (χ1n) is 7.97. The van der Waals surface area contributed by atoms with E-state index in [9.17, 15) is 4.79 Å². The van der Waals surface area contributed by atoms with Crippen LogP contribution < -0.4 is 5.32 Å². The minimum absolute atomic E-state index is 0.0314. The van der Waals surface area contributed by atoms with Crippen molar-refractivity contribution in [3.8, 4) is 11.4 Å². The van der Waals surface area contributed by atoms with E-state index in [4.69, 9.17) is 0 Å². The summed E-state index contributed by atoms with van der Waals surface area (Å²) in [6.45, 7) is 0.425. The van der Waals surface area contributed by atoms with Gasteiger partial charge in [-0.1, -0.05) is 36.4 Å². The van der Waals surface area contributed by atoms with Crippen LogP contribution in [0.3, 0.4) is 0 Å². The van der Waals surface area contributed by atoms with Crippen LogP contribution in [0.2, 0.25) is 0 Å². The number of rotatable bonds is 6. The molecule has 5 nitrogen and oxygen atoms in total. The van der Waals surface area contributed by atoms with Gasteiger partial charge in [0, 0.05) is 19.7 Å². The Bertz CT molecular complexity index is 797. The van der Waals surface area contributed by atoms with Crippen LogP contribution in [-0.2, 0) is 24.8 Å². The number of hydrogen-bond donors (Lipinski definition) is 1. The van der Waals surface area contributed by atoms with Crippen LogP contribution in [0, 0.1) is 0 Å². The average Bonchev–Trinajstić information content (AvgIpc) is 3.00. The predicted molar refractivity (Wildman–Crippen MR) is 93.0 cm³/mol. The Kier molecular flexibility index (Phi) is 5.01. The van der Waals surface area contributed by atoms with Crippen LogP contribution in [0.1, 0.15) is 17.7 Å². The minimum atomic E-state index is 0.0314. The molecule has 1 N–H and O–H groups in total. The van der Waals surface area contributed by atoms with Crippen molar-refractivity contribution in [3.63, 3.8) is 0 Å². The molecule has 0 bridgehead atoms. The van der Waals surface area contributed by atoms with Gasteiger partial charge in [0.25, 0.3) is 0 Å². The number of pyridine rings is 1. The van der Waals surface area contributed by atoms with Crippen molar-refractivity contribution in [2.24, 2.45) is 7.05 Å². The second kappa shape index (κ2) is 7.55. The molecule has 3 aromatic rings. The molecule has 0 saturated heterocycles. The van der Waals surface area contributed by atoms with Crippen molar-refractivity contribution in [3.05, 3.63) is 72.1 Å². The lowest BCUT2D eigenvalue weighted by atomic mass is 10.1. The molecule has 0 saturated carbocycles. The van der Waals surface area contributed by atoms with E-state index >= 15 is 0 Å². The number of hydrogen-bond acceptors (Lipinski definition) is 3. The van der Waals surface area contributed by atoms with Gasteiger partial charge in [0.05, 0.1) is 23.6 Å². The fraction of sp³-hybridized carbons (Fsp3) is 0.211. The second-order valence-electron chi connectivity index (χ2n) is 5.62. The lowest BCUT2D eigenvalue weighted by Gasteiger charge is -2.03. The molecule has 5 heteroatoms. The molecule has 2 aromatic heterocycles. The number of benzene rings is 1. The van der Waals surface area contributed by atoms with Gasteiger partial charge in [-0.3, -0.25) is 14.5 Å². The van der Waals surface area contributed by atoms with Crippen LogP contribution in [-0.4, -0.2) is 20.7 Å². The topological polar surface area (TPSA) is 59.8 Å². The third-order valence-electron chi connectivity index (χ3n) is 3.81. The molecule has 0 unspecified atom stereocenters. The van der Waals surface area contributed by atoms with Crippen molar-refractivity contribution < 1.29 is 4.79 Å². The van der Waals surface area contributed by atoms with Crippen molar-refractivity contribution in [2.75, 3.05) is 0 Å². The highest BCUT2D eigenvalue weighted by Crippen LogP contribution is 2.16. The molecule has 0 aliphatic rings. The van der Waals surface area contributed by atoms with E-state index in [0.717, 1.165) is 23.5 Å². The average molecular weight is 320 g/mol. The Morgan fingerprint density at radius 2 is 1.92 bits per heavy atom. The van der Waals surface area contributed by atoms with Crippen molar-refractivity contribution >= 4 is 5.91 Å². The number of carbonyl (C=O) groups excluding carboxylic acids is 1.